The first-order chi connectivity index (χ1) is 31.6. The Morgan fingerprint density at radius 3 is 0.609 bits per heavy atom. The summed E-state index contributed by atoms with van der Waals surface area (Å²) >= 11 is 7.52. The standard InChI is InChI=1S/C60H34S4/c1-5-13-53-45(9-1)49-21-17-35(31-57(49)61-53)39-25-40(36-18-22-50-46-10-2-6-14-54(46)62-58(50)32-36)28-43(27-39)44-29-41(37-19-23-51-47-11-3-7-15-55(47)63-59(51)33-37)26-42(30-44)38-20-24-52-48-12-4-8-16-56(48)64-60(52)34-38/h1-34H. The number of rotatable bonds is 5. The van der Waals surface area contributed by atoms with Crippen molar-refractivity contribution in [3.63, 3.8) is 0 Å². The second kappa shape index (κ2) is 14.3. The summed E-state index contributed by atoms with van der Waals surface area (Å²) in [5.41, 5.74) is 12.2. The largest absolute Gasteiger partial charge is 0.135 e. The molecule has 0 spiro atoms. The molecule has 0 amide bonds. The third kappa shape index (κ3) is 5.91. The molecule has 0 saturated carbocycles. The lowest BCUT2D eigenvalue weighted by Crippen LogP contribution is -1.89. The predicted octanol–water partition coefficient (Wildman–Crippen LogP) is 19.5. The van der Waals surface area contributed by atoms with E-state index in [4.69, 9.17) is 0 Å². The lowest BCUT2D eigenvalue weighted by atomic mass is 9.89. The van der Waals surface area contributed by atoms with E-state index < -0.39 is 0 Å². The van der Waals surface area contributed by atoms with E-state index in [1.807, 2.05) is 45.3 Å². The Kier molecular flexibility index (Phi) is 8.17. The van der Waals surface area contributed by atoms with Crippen molar-refractivity contribution in [2.75, 3.05) is 0 Å². The van der Waals surface area contributed by atoms with Crippen LogP contribution in [0, 0.1) is 0 Å². The summed E-state index contributed by atoms with van der Waals surface area (Å²) in [7, 11) is 0. The van der Waals surface area contributed by atoms with Crippen LogP contribution in [0.25, 0.3) is 136 Å². The monoisotopic (exact) mass is 882 g/mol. The first kappa shape index (κ1) is 36.6. The van der Waals surface area contributed by atoms with Crippen molar-refractivity contribution < 1.29 is 0 Å². The molecule has 0 bridgehead atoms. The topological polar surface area (TPSA) is 0 Å². The van der Waals surface area contributed by atoms with Gasteiger partial charge in [-0.25, -0.2) is 0 Å². The fraction of sp³-hybridized carbons (Fsp3) is 0. The molecule has 64 heavy (non-hydrogen) atoms. The van der Waals surface area contributed by atoms with E-state index in [-0.39, 0.29) is 0 Å². The maximum absolute atomic E-state index is 2.42. The minimum atomic E-state index is 1.20. The maximum Gasteiger partial charge on any atom is 0.0361 e. The average molecular weight is 883 g/mol. The van der Waals surface area contributed by atoms with Gasteiger partial charge in [-0.15, -0.1) is 45.3 Å². The molecule has 14 rings (SSSR count). The Balaban J connectivity index is 0.993. The van der Waals surface area contributed by atoms with Crippen molar-refractivity contribution >= 4 is 126 Å². The molecule has 0 saturated heterocycles. The summed E-state index contributed by atoms with van der Waals surface area (Å²) in [5, 5.41) is 10.6. The summed E-state index contributed by atoms with van der Waals surface area (Å²) in [6, 6.07) is 77.8. The van der Waals surface area contributed by atoms with Gasteiger partial charge in [-0.2, -0.15) is 0 Å². The molecule has 0 aliphatic rings. The van der Waals surface area contributed by atoms with E-state index >= 15 is 0 Å². The molecule has 4 aromatic heterocycles. The minimum absolute atomic E-state index is 1.20. The van der Waals surface area contributed by atoms with Gasteiger partial charge >= 0.3 is 0 Å². The van der Waals surface area contributed by atoms with Crippen molar-refractivity contribution in [2.24, 2.45) is 0 Å². The molecule has 0 unspecified atom stereocenters. The van der Waals surface area contributed by atoms with Crippen LogP contribution in [-0.2, 0) is 0 Å². The molecule has 10 aromatic carbocycles. The Morgan fingerprint density at radius 2 is 0.359 bits per heavy atom. The molecular formula is C60H34S4. The second-order valence-electron chi connectivity index (χ2n) is 16.8. The molecule has 0 nitrogen and oxygen atoms in total. The summed E-state index contributed by atoms with van der Waals surface area (Å²) in [4.78, 5) is 0. The highest BCUT2D eigenvalue weighted by molar-refractivity contribution is 7.27. The van der Waals surface area contributed by atoms with Crippen LogP contribution in [0.5, 0.6) is 0 Å². The van der Waals surface area contributed by atoms with E-state index in [0.29, 0.717) is 0 Å². The van der Waals surface area contributed by atoms with Gasteiger partial charge in [0.2, 0.25) is 0 Å². The molecular weight excluding hydrogens is 849 g/mol. The molecule has 298 valence electrons. The third-order valence-electron chi connectivity index (χ3n) is 13.0. The second-order valence-corrected chi connectivity index (χ2v) is 21.2. The molecule has 0 radical (unpaired) electrons. The molecule has 4 heteroatoms. The minimum Gasteiger partial charge on any atom is -0.135 e. The van der Waals surface area contributed by atoms with Crippen LogP contribution in [-0.4, -0.2) is 0 Å². The first-order valence-electron chi connectivity index (χ1n) is 21.6. The predicted molar refractivity (Wildman–Crippen MR) is 285 cm³/mol. The van der Waals surface area contributed by atoms with Crippen molar-refractivity contribution in [1.29, 1.82) is 0 Å². The van der Waals surface area contributed by atoms with Gasteiger partial charge in [0.15, 0.2) is 0 Å². The normalized spacial score (nSPS) is 12.1. The smallest absolute Gasteiger partial charge is 0.0361 e. The van der Waals surface area contributed by atoms with Crippen molar-refractivity contribution in [2.45, 2.75) is 0 Å². The van der Waals surface area contributed by atoms with Crippen LogP contribution in [0.4, 0.5) is 0 Å². The summed E-state index contributed by atoms with van der Waals surface area (Å²) in [6.07, 6.45) is 0. The van der Waals surface area contributed by atoms with Crippen molar-refractivity contribution in [3.8, 4) is 55.6 Å². The van der Waals surface area contributed by atoms with E-state index in [1.165, 1.54) is 136 Å². The van der Waals surface area contributed by atoms with Gasteiger partial charge in [0.1, 0.15) is 0 Å². The molecule has 0 N–H and O–H groups in total. The van der Waals surface area contributed by atoms with Crippen LogP contribution >= 0.6 is 45.3 Å². The van der Waals surface area contributed by atoms with Crippen molar-refractivity contribution in [1.82, 2.24) is 0 Å². The van der Waals surface area contributed by atoms with Crippen LogP contribution < -0.4 is 0 Å². The summed E-state index contributed by atoms with van der Waals surface area (Å²) < 4.78 is 10.6. The Bertz CT molecular complexity index is 3670. The zero-order chi connectivity index (χ0) is 41.9. The van der Waals surface area contributed by atoms with E-state index in [2.05, 4.69) is 206 Å². The highest BCUT2D eigenvalue weighted by Crippen LogP contribution is 2.44. The fourth-order valence-electron chi connectivity index (χ4n) is 9.88. The summed E-state index contributed by atoms with van der Waals surface area (Å²) in [6.45, 7) is 0. The molecule has 0 fully saturated rings. The SMILES string of the molecule is c1ccc2c(c1)sc1cc(-c3cc(-c4cc(-c5ccc6c(c5)sc5ccccc56)cc(-c5ccc6c(c5)sc5ccccc56)c4)cc(-c4ccc5c(c4)sc4ccccc45)c3)ccc12. The lowest BCUT2D eigenvalue weighted by molar-refractivity contribution is 1.57. The molecule has 4 heterocycles. The number of fused-ring (bicyclic) bond motifs is 12. The van der Waals surface area contributed by atoms with Crippen LogP contribution in [0.3, 0.4) is 0 Å². The van der Waals surface area contributed by atoms with E-state index in [1.54, 1.807) is 0 Å². The fourth-order valence-corrected chi connectivity index (χ4v) is 14.5. The highest BCUT2D eigenvalue weighted by Gasteiger charge is 2.16. The van der Waals surface area contributed by atoms with Gasteiger partial charge in [-0.3, -0.25) is 0 Å². The van der Waals surface area contributed by atoms with Crippen LogP contribution in [0.15, 0.2) is 206 Å². The highest BCUT2D eigenvalue weighted by atomic mass is 32.1. The lowest BCUT2D eigenvalue weighted by Gasteiger charge is -2.15. The average Bonchev–Trinajstić information content (AvgIpc) is 4.12. The van der Waals surface area contributed by atoms with Crippen LogP contribution in [0.2, 0.25) is 0 Å². The number of benzene rings is 10. The number of hydrogen-bond donors (Lipinski definition) is 0. The number of hydrogen-bond acceptors (Lipinski definition) is 4. The molecule has 0 aliphatic carbocycles. The van der Waals surface area contributed by atoms with Crippen LogP contribution in [0.1, 0.15) is 0 Å². The van der Waals surface area contributed by atoms with Gasteiger partial charge in [-0.1, -0.05) is 121 Å². The van der Waals surface area contributed by atoms with E-state index in [9.17, 15) is 0 Å². The number of thiophene rings is 4. The van der Waals surface area contributed by atoms with Gasteiger partial charge in [0, 0.05) is 80.7 Å². The van der Waals surface area contributed by atoms with Gasteiger partial charge in [0.25, 0.3) is 0 Å². The quantitative estimate of drug-likeness (QED) is 0.162. The Morgan fingerprint density at radius 1 is 0.156 bits per heavy atom. The van der Waals surface area contributed by atoms with Gasteiger partial charge < -0.3 is 0 Å². The molecule has 0 atom stereocenters. The van der Waals surface area contributed by atoms with Gasteiger partial charge in [0.05, 0.1) is 0 Å². The third-order valence-corrected chi connectivity index (χ3v) is 17.6. The van der Waals surface area contributed by atoms with E-state index in [0.717, 1.165) is 0 Å². The van der Waals surface area contributed by atoms with Crippen molar-refractivity contribution in [3.05, 3.63) is 206 Å². The summed E-state index contributed by atoms with van der Waals surface area (Å²) in [5.74, 6) is 0. The first-order valence-corrected chi connectivity index (χ1v) is 24.9. The zero-order valence-electron chi connectivity index (χ0n) is 34.3. The Labute approximate surface area is 385 Å². The maximum atomic E-state index is 2.42. The Hall–Kier alpha value is -6.92. The molecule has 14 aromatic rings. The van der Waals surface area contributed by atoms with Gasteiger partial charge in [-0.05, 0) is 141 Å². The zero-order valence-corrected chi connectivity index (χ0v) is 37.5. The molecule has 0 aliphatic heterocycles.